The van der Waals surface area contributed by atoms with Gasteiger partial charge in [0, 0.05) is 103 Å². The van der Waals surface area contributed by atoms with Gasteiger partial charge < -0.3 is 94.8 Å². The molecule has 94 heavy (non-hydrogen) atoms. The van der Waals surface area contributed by atoms with Gasteiger partial charge >= 0.3 is 6.03 Å². The quantitative estimate of drug-likeness (QED) is 0.00848. The molecule has 0 aliphatic carbocycles. The standard InChI is InChI=1S/C61H77N21O12/c1-65-29-51(85)73-46(23-36-27-66-31-71-36)55(89)76-45(22-35-26-70-42-11-5-3-9-40(35)42)54(88)79-49(30-83)57(91)77-47(24-37-28-67-32-72-37)56(90)74-43(12-6-18-68-60(62)63)52(86)75-44(21-34-25-69-41-10-4-2-8-39(34)41)53(87)78-48(20-33-14-16-38(84)17-15-33)59(93)82-19-7-13-50(82)58(92)80-81-61(64)94/h2-5,8-11,14-17,25-28,31-32,43-50,65,69-70,83-84H,6-7,12-13,18-24,29-30H2,1H3,(H,66,71)(H,67,72)(H,73,85)(H,74,90)(H,75,86)(H,76,89)(H,77,91)(H,78,87)(H,79,88)(H,80,92)(H4,62,63,68)(H3,64,81,94)/t43-,44+,45+,46+,47+,48+,49+,50+/m1/s1. The number of rotatable bonds is 32. The van der Waals surface area contributed by atoms with Gasteiger partial charge in [-0.05, 0) is 73.7 Å². The Morgan fingerprint density at radius 3 is 1.60 bits per heavy atom. The maximum absolute atomic E-state index is 15.1. The molecule has 8 rings (SSSR count). The first-order valence-corrected chi connectivity index (χ1v) is 30.2. The number of urea groups is 1. The number of guanidine groups is 1. The van der Waals surface area contributed by atoms with E-state index >= 15 is 9.59 Å². The number of fused-ring (bicyclic) bond motifs is 2. The highest BCUT2D eigenvalue weighted by Gasteiger charge is 2.40. The Bertz CT molecular complexity index is 3790. The van der Waals surface area contributed by atoms with Gasteiger partial charge in [-0.3, -0.25) is 53.6 Å². The number of likely N-dealkylation sites (tertiary alicyclic amines) is 1. The second-order valence-electron chi connectivity index (χ2n) is 22.4. The number of phenolic OH excluding ortho intramolecular Hbond substituents is 1. The monoisotopic (exact) mass is 1300 g/mol. The van der Waals surface area contributed by atoms with E-state index < -0.39 is 114 Å². The summed E-state index contributed by atoms with van der Waals surface area (Å²) in [6, 6.07) is 7.65. The molecule has 1 aliphatic heterocycles. The highest BCUT2D eigenvalue weighted by molar-refractivity contribution is 5.99. The third-order valence-electron chi connectivity index (χ3n) is 15.6. The van der Waals surface area contributed by atoms with E-state index in [1.165, 1.54) is 42.1 Å². The number of hydrazine groups is 1. The van der Waals surface area contributed by atoms with Crippen LogP contribution in [0.4, 0.5) is 4.79 Å². The smallest absolute Gasteiger partial charge is 0.330 e. The molecule has 7 aromatic rings. The summed E-state index contributed by atoms with van der Waals surface area (Å²) in [4.78, 5) is 166. The molecule has 1 aliphatic rings. The zero-order valence-corrected chi connectivity index (χ0v) is 51.2. The number of nitrogens with zero attached hydrogens (tertiary/aromatic N) is 4. The van der Waals surface area contributed by atoms with Crippen LogP contribution >= 0.6 is 0 Å². The van der Waals surface area contributed by atoms with Crippen LogP contribution in [0, 0.1) is 0 Å². The fraction of sp³-hybridized carbons (Fsp3) is 0.361. The number of nitrogens with one attached hydrogen (secondary N) is 14. The number of amides is 11. The Hall–Kier alpha value is -11.4. The number of primary amides is 1. The Labute approximate surface area is 537 Å². The molecule has 33 nitrogen and oxygen atoms in total. The number of nitrogens with two attached hydrogens (primary N) is 3. The van der Waals surface area contributed by atoms with Crippen LogP contribution in [0.1, 0.15) is 53.8 Å². The van der Waals surface area contributed by atoms with E-state index in [4.69, 9.17) is 17.2 Å². The molecule has 0 radical (unpaired) electrons. The molecule has 3 aromatic carbocycles. The molecule has 0 spiro atoms. The van der Waals surface area contributed by atoms with Gasteiger partial charge in [-0.25, -0.2) is 20.2 Å². The summed E-state index contributed by atoms with van der Waals surface area (Å²) in [5.74, 6) is -7.83. The largest absolute Gasteiger partial charge is 0.508 e. The lowest BCUT2D eigenvalue weighted by Crippen LogP contribution is -2.61. The first kappa shape index (κ1) is 68.6. The van der Waals surface area contributed by atoms with Crippen LogP contribution in [0.15, 0.2) is 115 Å². The fourth-order valence-electron chi connectivity index (χ4n) is 10.9. The van der Waals surface area contributed by atoms with Crippen molar-refractivity contribution in [3.63, 3.8) is 0 Å². The van der Waals surface area contributed by atoms with Crippen LogP contribution in [0.25, 0.3) is 21.8 Å². The molecule has 22 N–H and O–H groups in total. The number of aliphatic hydroxyl groups excluding tert-OH is 1. The third-order valence-corrected chi connectivity index (χ3v) is 15.6. The molecular formula is C61H77N21O12. The van der Waals surface area contributed by atoms with Crippen molar-refractivity contribution in [1.29, 1.82) is 0 Å². The van der Waals surface area contributed by atoms with Crippen LogP contribution in [-0.4, -0.2) is 192 Å². The molecule has 0 saturated carbocycles. The second kappa shape index (κ2) is 33.1. The number of H-pyrrole nitrogens is 4. The van der Waals surface area contributed by atoms with Crippen molar-refractivity contribution in [3.8, 4) is 5.75 Å². The van der Waals surface area contributed by atoms with E-state index in [2.05, 4.69) is 82.9 Å². The number of aromatic nitrogens is 6. The van der Waals surface area contributed by atoms with Crippen LogP contribution in [-0.2, 0) is 75.3 Å². The maximum Gasteiger partial charge on any atom is 0.330 e. The summed E-state index contributed by atoms with van der Waals surface area (Å²) in [5.41, 5.74) is 24.5. The number of likely N-dealkylation sites (N-methyl/N-ethyl adjacent to an activating group) is 1. The van der Waals surface area contributed by atoms with E-state index in [1.807, 2.05) is 11.5 Å². The van der Waals surface area contributed by atoms with E-state index in [0.717, 1.165) is 5.52 Å². The number of carbonyl (C=O) groups is 10. The average Bonchev–Trinajstić information content (AvgIpc) is 1.64. The Morgan fingerprint density at radius 2 is 1.09 bits per heavy atom. The minimum atomic E-state index is -1.78. The molecule has 8 atom stereocenters. The maximum atomic E-state index is 15.1. The van der Waals surface area contributed by atoms with Gasteiger partial charge in [-0.1, -0.05) is 48.5 Å². The molecular weight excluding hydrogens is 1220 g/mol. The molecule has 33 heteroatoms. The lowest BCUT2D eigenvalue weighted by Gasteiger charge is -2.30. The summed E-state index contributed by atoms with van der Waals surface area (Å²) >= 11 is 0. The molecule has 11 amide bonds. The molecule has 4 aromatic heterocycles. The molecule has 1 fully saturated rings. The topological polar surface area (TPSA) is 514 Å². The van der Waals surface area contributed by atoms with Crippen molar-refractivity contribution in [1.82, 2.24) is 88.2 Å². The van der Waals surface area contributed by atoms with Crippen LogP contribution in [0.3, 0.4) is 0 Å². The first-order valence-electron chi connectivity index (χ1n) is 30.2. The minimum absolute atomic E-state index is 0.0276. The lowest BCUT2D eigenvalue weighted by molar-refractivity contribution is -0.142. The predicted octanol–water partition coefficient (Wildman–Crippen LogP) is -3.34. The van der Waals surface area contributed by atoms with E-state index in [1.54, 1.807) is 74.0 Å². The van der Waals surface area contributed by atoms with Crippen molar-refractivity contribution in [3.05, 3.63) is 138 Å². The highest BCUT2D eigenvalue weighted by atomic mass is 16.3. The molecule has 0 bridgehead atoms. The van der Waals surface area contributed by atoms with Gasteiger partial charge in [0.1, 0.15) is 54.1 Å². The molecule has 5 heterocycles. The summed E-state index contributed by atoms with van der Waals surface area (Å²) in [6.45, 7) is -1.10. The van der Waals surface area contributed by atoms with Gasteiger partial charge in [0.15, 0.2) is 5.96 Å². The third kappa shape index (κ3) is 19.1. The Morgan fingerprint density at radius 1 is 0.596 bits per heavy atom. The highest BCUT2D eigenvalue weighted by Crippen LogP contribution is 2.24. The van der Waals surface area contributed by atoms with Crippen molar-refractivity contribution in [2.24, 2.45) is 22.2 Å². The Kier molecular flexibility index (Phi) is 24.1. The van der Waals surface area contributed by atoms with E-state index in [9.17, 15) is 48.6 Å². The van der Waals surface area contributed by atoms with Gasteiger partial charge in [-0.15, -0.1) is 0 Å². The van der Waals surface area contributed by atoms with Gasteiger partial charge in [0.2, 0.25) is 47.3 Å². The fourth-order valence-corrected chi connectivity index (χ4v) is 10.9. The zero-order chi connectivity index (χ0) is 67.3. The SMILES string of the molecule is CNCC(=O)N[C@@H](Cc1cnc[nH]1)C(=O)N[C@@H](Cc1c[nH]c2ccccc12)C(=O)N[C@@H](CO)C(=O)N[C@@H](Cc1cnc[nH]1)C(=O)N[C@H](CCCN=C(N)N)C(=O)N[C@@H](Cc1c[nH]c2ccccc12)C(=O)N[C@@H](Cc1ccc(O)cc1)C(=O)N1CCC[C@H]1C(=O)NNC(N)=O. The average molecular weight is 1300 g/mol. The lowest BCUT2D eigenvalue weighted by atomic mass is 10.0. The summed E-state index contributed by atoms with van der Waals surface area (Å²) in [6.07, 6.45) is 8.48. The van der Waals surface area contributed by atoms with E-state index in [0.29, 0.717) is 50.8 Å². The number of aliphatic hydroxyl groups is 1. The molecule has 0 unspecified atom stereocenters. The number of imidazole rings is 2. The normalized spacial score (nSPS) is 15.0. The number of carbonyl (C=O) groups excluding carboxylic acids is 10. The van der Waals surface area contributed by atoms with Crippen LogP contribution in [0.5, 0.6) is 5.75 Å². The number of hydrogen-bond acceptors (Lipinski definition) is 16. The second-order valence-corrected chi connectivity index (χ2v) is 22.4. The number of aromatic amines is 4. The van der Waals surface area contributed by atoms with Gasteiger partial charge in [-0.2, -0.15) is 0 Å². The summed E-state index contributed by atoms with van der Waals surface area (Å²) in [7, 11) is 1.55. The number of aromatic hydroxyl groups is 1. The van der Waals surface area contributed by atoms with Gasteiger partial charge in [0.05, 0.1) is 25.8 Å². The number of hydrogen-bond donors (Lipinski definition) is 19. The molecule has 498 valence electrons. The first-order chi connectivity index (χ1) is 45.3. The van der Waals surface area contributed by atoms with E-state index in [-0.39, 0.29) is 82.7 Å². The van der Waals surface area contributed by atoms with Crippen LogP contribution < -0.4 is 70.6 Å². The predicted molar refractivity (Wildman–Crippen MR) is 340 cm³/mol. The minimum Gasteiger partial charge on any atom is -0.508 e. The van der Waals surface area contributed by atoms with Crippen molar-refractivity contribution < 1.29 is 58.2 Å². The number of aliphatic imine (C=N–C) groups is 1. The van der Waals surface area contributed by atoms with Crippen molar-refractivity contribution in [2.45, 2.75) is 106 Å². The van der Waals surface area contributed by atoms with Crippen LogP contribution in [0.2, 0.25) is 0 Å². The Balaban J connectivity index is 1.05. The van der Waals surface area contributed by atoms with Gasteiger partial charge in [0.25, 0.3) is 5.91 Å². The summed E-state index contributed by atoms with van der Waals surface area (Å²) < 4.78 is 0. The summed E-state index contributed by atoms with van der Waals surface area (Å²) in [5, 5.41) is 43.9. The number of benzene rings is 3. The van der Waals surface area contributed by atoms with Crippen molar-refractivity contribution >= 4 is 87.0 Å². The molecule has 1 saturated heterocycles. The zero-order valence-electron chi connectivity index (χ0n) is 51.2. The number of para-hydroxylation sites is 2. The van der Waals surface area contributed by atoms with Crippen molar-refractivity contribution in [2.75, 3.05) is 33.3 Å². The number of phenols is 1.